The highest BCUT2D eigenvalue weighted by atomic mass is 19.4. The van der Waals surface area contributed by atoms with Crippen LogP contribution in [-0.4, -0.2) is 21.0 Å². The quantitative estimate of drug-likeness (QED) is 0.918. The molecular weight excluding hydrogens is 273 g/mol. The summed E-state index contributed by atoms with van der Waals surface area (Å²) in [5.41, 5.74) is -0.212. The Balaban J connectivity index is 1.98. The number of hydrogen-bond acceptors (Lipinski definition) is 4. The number of nitrogens with one attached hydrogen (secondary N) is 1. The number of nitrogens with zero attached hydrogens (tertiary/aromatic N) is 3. The summed E-state index contributed by atoms with van der Waals surface area (Å²) in [5.74, 6) is 0.461. The first-order chi connectivity index (χ1) is 9.34. The lowest BCUT2D eigenvalue weighted by molar-refractivity contribution is -0.141. The molecular formula is C12H15F3N4O. The molecule has 110 valence electrons. The van der Waals surface area contributed by atoms with Gasteiger partial charge in [-0.1, -0.05) is 19.0 Å². The third-order valence-corrected chi connectivity index (χ3v) is 2.55. The van der Waals surface area contributed by atoms with Gasteiger partial charge in [-0.15, -0.1) is 0 Å². The van der Waals surface area contributed by atoms with Gasteiger partial charge in [0.2, 0.25) is 0 Å². The van der Waals surface area contributed by atoms with Crippen molar-refractivity contribution >= 4 is 0 Å². The SMILES string of the molecule is CC(C)NCc1cc(Cn2ccc(C(F)(F)F)n2)on1. The summed E-state index contributed by atoms with van der Waals surface area (Å²) < 4.78 is 43.4. The van der Waals surface area contributed by atoms with Crippen LogP contribution in [0.5, 0.6) is 0 Å². The van der Waals surface area contributed by atoms with E-state index >= 15 is 0 Å². The van der Waals surface area contributed by atoms with E-state index in [0.29, 0.717) is 24.0 Å². The summed E-state index contributed by atoms with van der Waals surface area (Å²) in [5, 5.41) is 10.5. The molecule has 2 rings (SSSR count). The van der Waals surface area contributed by atoms with Crippen LogP contribution in [0.3, 0.4) is 0 Å². The first-order valence-corrected chi connectivity index (χ1v) is 6.13. The molecule has 0 aromatic carbocycles. The molecule has 5 nitrogen and oxygen atoms in total. The lowest BCUT2D eigenvalue weighted by atomic mass is 10.3. The predicted molar refractivity (Wildman–Crippen MR) is 64.8 cm³/mol. The summed E-state index contributed by atoms with van der Waals surface area (Å²) >= 11 is 0. The molecule has 0 aliphatic heterocycles. The van der Waals surface area contributed by atoms with E-state index in [1.165, 1.54) is 10.9 Å². The minimum Gasteiger partial charge on any atom is -0.359 e. The first kappa shape index (κ1) is 14.6. The fourth-order valence-electron chi connectivity index (χ4n) is 1.58. The zero-order valence-electron chi connectivity index (χ0n) is 11.1. The summed E-state index contributed by atoms with van der Waals surface area (Å²) in [7, 11) is 0. The second kappa shape index (κ2) is 5.66. The van der Waals surface area contributed by atoms with Crippen molar-refractivity contribution < 1.29 is 17.7 Å². The minimum absolute atomic E-state index is 0.116. The second-order valence-electron chi connectivity index (χ2n) is 4.72. The zero-order chi connectivity index (χ0) is 14.8. The van der Waals surface area contributed by atoms with E-state index < -0.39 is 11.9 Å². The van der Waals surface area contributed by atoms with E-state index in [0.717, 1.165) is 6.07 Å². The molecule has 2 heterocycles. The maximum atomic E-state index is 12.4. The third kappa shape index (κ3) is 3.83. The maximum Gasteiger partial charge on any atom is 0.435 e. The minimum atomic E-state index is -4.43. The van der Waals surface area contributed by atoms with Crippen LogP contribution in [0.25, 0.3) is 0 Å². The molecule has 20 heavy (non-hydrogen) atoms. The molecule has 1 N–H and O–H groups in total. The van der Waals surface area contributed by atoms with Crippen LogP contribution in [0, 0.1) is 0 Å². The van der Waals surface area contributed by atoms with Crippen molar-refractivity contribution in [1.29, 1.82) is 0 Å². The van der Waals surface area contributed by atoms with Gasteiger partial charge < -0.3 is 9.84 Å². The predicted octanol–water partition coefficient (Wildman–Crippen LogP) is 2.44. The number of rotatable bonds is 5. The van der Waals surface area contributed by atoms with E-state index in [1.54, 1.807) is 6.07 Å². The maximum absolute atomic E-state index is 12.4. The molecule has 8 heteroatoms. The molecule has 2 aromatic heterocycles. The van der Waals surface area contributed by atoms with Gasteiger partial charge in [0, 0.05) is 24.8 Å². The average molecular weight is 288 g/mol. The lowest BCUT2D eigenvalue weighted by Gasteiger charge is -2.03. The summed E-state index contributed by atoms with van der Waals surface area (Å²) in [6.07, 6.45) is -3.17. The summed E-state index contributed by atoms with van der Waals surface area (Å²) in [4.78, 5) is 0. The van der Waals surface area contributed by atoms with E-state index in [-0.39, 0.29) is 6.54 Å². The fourth-order valence-corrected chi connectivity index (χ4v) is 1.58. The van der Waals surface area contributed by atoms with Gasteiger partial charge in [-0.3, -0.25) is 4.68 Å². The van der Waals surface area contributed by atoms with Crippen molar-refractivity contribution in [1.82, 2.24) is 20.3 Å². The van der Waals surface area contributed by atoms with Crippen molar-refractivity contribution in [3.63, 3.8) is 0 Å². The van der Waals surface area contributed by atoms with Gasteiger partial charge in [-0.25, -0.2) is 0 Å². The second-order valence-corrected chi connectivity index (χ2v) is 4.72. The lowest BCUT2D eigenvalue weighted by Crippen LogP contribution is -2.21. The highest BCUT2D eigenvalue weighted by Gasteiger charge is 2.33. The molecule has 0 spiro atoms. The van der Waals surface area contributed by atoms with E-state index in [4.69, 9.17) is 4.52 Å². The van der Waals surface area contributed by atoms with Gasteiger partial charge in [0.1, 0.15) is 6.54 Å². The summed E-state index contributed by atoms with van der Waals surface area (Å²) in [6, 6.07) is 2.94. The Bertz CT molecular complexity index is 559. The van der Waals surface area contributed by atoms with E-state index in [9.17, 15) is 13.2 Å². The van der Waals surface area contributed by atoms with Crippen LogP contribution in [0.1, 0.15) is 31.0 Å². The van der Waals surface area contributed by atoms with Gasteiger partial charge in [-0.2, -0.15) is 18.3 Å². The van der Waals surface area contributed by atoms with Crippen LogP contribution in [0.15, 0.2) is 22.9 Å². The molecule has 2 aromatic rings. The van der Waals surface area contributed by atoms with Gasteiger partial charge in [0.15, 0.2) is 11.5 Å². The largest absolute Gasteiger partial charge is 0.435 e. The molecule has 0 radical (unpaired) electrons. The monoisotopic (exact) mass is 288 g/mol. The number of alkyl halides is 3. The van der Waals surface area contributed by atoms with Crippen molar-refractivity contribution in [2.75, 3.05) is 0 Å². The summed E-state index contributed by atoms with van der Waals surface area (Å²) in [6.45, 7) is 4.67. The smallest absolute Gasteiger partial charge is 0.359 e. The normalized spacial score (nSPS) is 12.3. The van der Waals surface area contributed by atoms with Crippen LogP contribution < -0.4 is 5.32 Å². The molecule has 0 bridgehead atoms. The van der Waals surface area contributed by atoms with Crippen molar-refractivity contribution in [3.05, 3.63) is 35.5 Å². The van der Waals surface area contributed by atoms with Crippen LogP contribution >= 0.6 is 0 Å². The molecule has 0 unspecified atom stereocenters. The molecule has 0 saturated carbocycles. The highest BCUT2D eigenvalue weighted by Crippen LogP contribution is 2.27. The number of aromatic nitrogens is 3. The standard InChI is InChI=1S/C12H15F3N4O/c1-8(2)16-6-9-5-10(20-18-9)7-19-4-3-11(17-19)12(13,14)15/h3-5,8,16H,6-7H2,1-2H3. The number of halogens is 3. The molecule has 0 fully saturated rings. The van der Waals surface area contributed by atoms with Crippen LogP contribution in [0.4, 0.5) is 13.2 Å². The third-order valence-electron chi connectivity index (χ3n) is 2.55. The average Bonchev–Trinajstić information content (AvgIpc) is 2.95. The van der Waals surface area contributed by atoms with Crippen LogP contribution in [-0.2, 0) is 19.3 Å². The fraction of sp³-hybridized carbons (Fsp3) is 0.500. The van der Waals surface area contributed by atoms with Gasteiger partial charge in [0.25, 0.3) is 0 Å². The van der Waals surface area contributed by atoms with Gasteiger partial charge in [-0.05, 0) is 6.07 Å². The molecule has 0 amide bonds. The van der Waals surface area contributed by atoms with Gasteiger partial charge >= 0.3 is 6.18 Å². The topological polar surface area (TPSA) is 55.9 Å². The Labute approximate surface area is 113 Å². The van der Waals surface area contributed by atoms with E-state index in [2.05, 4.69) is 15.6 Å². The molecule has 0 saturated heterocycles. The Hall–Kier alpha value is -1.83. The molecule has 0 aliphatic carbocycles. The molecule has 0 atom stereocenters. The Morgan fingerprint density at radius 2 is 2.15 bits per heavy atom. The van der Waals surface area contributed by atoms with Gasteiger partial charge in [0.05, 0.1) is 5.69 Å². The Morgan fingerprint density at radius 3 is 2.75 bits per heavy atom. The highest BCUT2D eigenvalue weighted by molar-refractivity contribution is 5.08. The Morgan fingerprint density at radius 1 is 1.40 bits per heavy atom. The van der Waals surface area contributed by atoms with Crippen molar-refractivity contribution in [3.8, 4) is 0 Å². The van der Waals surface area contributed by atoms with Crippen molar-refractivity contribution in [2.24, 2.45) is 0 Å². The Kier molecular flexibility index (Phi) is 4.12. The van der Waals surface area contributed by atoms with Crippen LogP contribution in [0.2, 0.25) is 0 Å². The van der Waals surface area contributed by atoms with Crippen molar-refractivity contribution in [2.45, 2.75) is 39.2 Å². The first-order valence-electron chi connectivity index (χ1n) is 6.13. The van der Waals surface area contributed by atoms with E-state index in [1.807, 2.05) is 13.8 Å². The zero-order valence-corrected chi connectivity index (χ0v) is 11.1. The molecule has 0 aliphatic rings. The number of hydrogen-bond donors (Lipinski definition) is 1.